The molecule has 2 fully saturated rings. The smallest absolute Gasteiger partial charge is 0.317 e. The van der Waals surface area contributed by atoms with Crippen molar-refractivity contribution in [3.05, 3.63) is 35.9 Å². The topological polar surface area (TPSA) is 66.5 Å². The fourth-order valence-electron chi connectivity index (χ4n) is 3.55. The second-order valence-corrected chi connectivity index (χ2v) is 8.88. The summed E-state index contributed by atoms with van der Waals surface area (Å²) < 4.78 is 22.9. The predicted octanol–water partition coefficient (Wildman–Crippen LogP) is 1.84. The van der Waals surface area contributed by atoms with Crippen molar-refractivity contribution in [3.8, 4) is 0 Å². The Hall–Kier alpha value is -1.56. The summed E-state index contributed by atoms with van der Waals surface area (Å²) in [6.45, 7) is 0.620. The second-order valence-electron chi connectivity index (χ2n) is 6.58. The van der Waals surface area contributed by atoms with Crippen LogP contribution in [0.4, 0.5) is 4.79 Å². The molecule has 2 aliphatic rings. The number of carbonyl (C=O) groups excluding carboxylic acids is 1. The van der Waals surface area contributed by atoms with Crippen LogP contribution in [0.5, 0.6) is 0 Å². The average molecular weight is 336 g/mol. The third kappa shape index (κ3) is 4.25. The molecule has 1 aromatic carbocycles. The maximum Gasteiger partial charge on any atom is 0.317 e. The quantitative estimate of drug-likeness (QED) is 0.916. The Labute approximate surface area is 138 Å². The van der Waals surface area contributed by atoms with Crippen LogP contribution in [0, 0.1) is 5.92 Å². The summed E-state index contributed by atoms with van der Waals surface area (Å²) in [4.78, 5) is 14.0. The normalized spacial score (nSPS) is 26.9. The summed E-state index contributed by atoms with van der Waals surface area (Å²) in [5.74, 6) is 0.631. The van der Waals surface area contributed by atoms with Crippen LogP contribution >= 0.6 is 0 Å². The van der Waals surface area contributed by atoms with Gasteiger partial charge in [0.15, 0.2) is 9.84 Å². The van der Waals surface area contributed by atoms with Crippen LogP contribution in [0.15, 0.2) is 30.3 Å². The minimum atomic E-state index is -2.95. The first kappa shape index (κ1) is 16.3. The van der Waals surface area contributed by atoms with E-state index < -0.39 is 9.84 Å². The number of nitrogens with one attached hydrogen (secondary N) is 1. The number of carbonyl (C=O) groups is 1. The van der Waals surface area contributed by atoms with E-state index in [1.165, 1.54) is 5.56 Å². The van der Waals surface area contributed by atoms with Gasteiger partial charge in [0, 0.05) is 19.1 Å². The highest BCUT2D eigenvalue weighted by molar-refractivity contribution is 7.91. The van der Waals surface area contributed by atoms with E-state index in [1.54, 1.807) is 4.90 Å². The van der Waals surface area contributed by atoms with Gasteiger partial charge in [-0.3, -0.25) is 0 Å². The summed E-state index contributed by atoms with van der Waals surface area (Å²) in [6, 6.07) is 10.5. The SMILES string of the molecule is O=C(NC1CCCC1Cc1ccccc1)N1CCS(=O)(=O)CC1. The minimum absolute atomic E-state index is 0.0819. The first-order valence-corrected chi connectivity index (χ1v) is 10.2. The zero-order valence-corrected chi connectivity index (χ0v) is 14.1. The molecule has 0 bridgehead atoms. The molecule has 23 heavy (non-hydrogen) atoms. The Morgan fingerprint density at radius 2 is 1.83 bits per heavy atom. The molecule has 1 aliphatic carbocycles. The first-order chi connectivity index (χ1) is 11.0. The zero-order chi connectivity index (χ0) is 16.3. The molecule has 0 radical (unpaired) electrons. The van der Waals surface area contributed by atoms with E-state index in [2.05, 4.69) is 17.4 Å². The Bertz CT molecular complexity index is 631. The lowest BCUT2D eigenvalue weighted by atomic mass is 9.95. The Balaban J connectivity index is 1.55. The number of amides is 2. The summed E-state index contributed by atoms with van der Waals surface area (Å²) in [5.41, 5.74) is 1.31. The second kappa shape index (κ2) is 6.91. The summed E-state index contributed by atoms with van der Waals surface area (Å²) in [5, 5.41) is 3.14. The van der Waals surface area contributed by atoms with Crippen molar-refractivity contribution in [1.29, 1.82) is 0 Å². The number of urea groups is 1. The highest BCUT2D eigenvalue weighted by atomic mass is 32.2. The van der Waals surface area contributed by atoms with Gasteiger partial charge >= 0.3 is 6.03 Å². The van der Waals surface area contributed by atoms with Crippen LogP contribution in [-0.2, 0) is 16.3 Å². The fraction of sp³-hybridized carbons (Fsp3) is 0.588. The van der Waals surface area contributed by atoms with Crippen molar-refractivity contribution >= 4 is 15.9 Å². The Kier molecular flexibility index (Phi) is 4.90. The molecule has 0 spiro atoms. The fourth-order valence-corrected chi connectivity index (χ4v) is 4.75. The number of benzene rings is 1. The van der Waals surface area contributed by atoms with Crippen LogP contribution in [0.2, 0.25) is 0 Å². The van der Waals surface area contributed by atoms with Crippen LogP contribution < -0.4 is 5.32 Å². The van der Waals surface area contributed by atoms with Crippen LogP contribution in [0.25, 0.3) is 0 Å². The number of sulfone groups is 1. The summed E-state index contributed by atoms with van der Waals surface area (Å²) in [7, 11) is -2.95. The molecule has 1 saturated carbocycles. The largest absolute Gasteiger partial charge is 0.335 e. The lowest BCUT2D eigenvalue weighted by molar-refractivity contribution is 0.194. The van der Waals surface area contributed by atoms with E-state index in [0.717, 1.165) is 25.7 Å². The zero-order valence-electron chi connectivity index (χ0n) is 13.3. The molecule has 1 N–H and O–H groups in total. The van der Waals surface area contributed by atoms with Gasteiger partial charge in [0.1, 0.15) is 0 Å². The van der Waals surface area contributed by atoms with Crippen molar-refractivity contribution in [1.82, 2.24) is 10.2 Å². The Morgan fingerprint density at radius 3 is 2.52 bits per heavy atom. The van der Waals surface area contributed by atoms with E-state index in [0.29, 0.717) is 19.0 Å². The van der Waals surface area contributed by atoms with E-state index in [9.17, 15) is 13.2 Å². The maximum absolute atomic E-state index is 12.4. The molecule has 5 nitrogen and oxygen atoms in total. The molecule has 2 amide bonds. The van der Waals surface area contributed by atoms with Crippen LogP contribution in [0.3, 0.4) is 0 Å². The van der Waals surface area contributed by atoms with Gasteiger partial charge in [0.25, 0.3) is 0 Å². The van der Waals surface area contributed by atoms with Gasteiger partial charge in [0.2, 0.25) is 0 Å². The van der Waals surface area contributed by atoms with Gasteiger partial charge < -0.3 is 10.2 Å². The van der Waals surface area contributed by atoms with Crippen LogP contribution in [-0.4, -0.2) is 50.0 Å². The van der Waals surface area contributed by atoms with Gasteiger partial charge in [-0.1, -0.05) is 36.8 Å². The van der Waals surface area contributed by atoms with Gasteiger partial charge in [-0.15, -0.1) is 0 Å². The third-order valence-corrected chi connectivity index (χ3v) is 6.55. The highest BCUT2D eigenvalue weighted by Gasteiger charge is 2.31. The molecular weight excluding hydrogens is 312 g/mol. The third-order valence-electron chi connectivity index (χ3n) is 4.94. The number of rotatable bonds is 3. The van der Waals surface area contributed by atoms with Gasteiger partial charge in [-0.05, 0) is 30.7 Å². The van der Waals surface area contributed by atoms with Crippen molar-refractivity contribution in [2.45, 2.75) is 31.7 Å². The van der Waals surface area contributed by atoms with Crippen molar-refractivity contribution in [2.75, 3.05) is 24.6 Å². The maximum atomic E-state index is 12.4. The minimum Gasteiger partial charge on any atom is -0.335 e. The molecule has 6 heteroatoms. The predicted molar refractivity (Wildman–Crippen MR) is 90.0 cm³/mol. The molecule has 2 atom stereocenters. The van der Waals surface area contributed by atoms with E-state index in [1.807, 2.05) is 18.2 Å². The van der Waals surface area contributed by atoms with E-state index in [4.69, 9.17) is 0 Å². The lowest BCUT2D eigenvalue weighted by Crippen LogP contribution is -2.51. The van der Waals surface area contributed by atoms with Gasteiger partial charge in [-0.2, -0.15) is 0 Å². The molecule has 0 aromatic heterocycles. The van der Waals surface area contributed by atoms with E-state index in [-0.39, 0.29) is 23.6 Å². The average Bonchev–Trinajstić information content (AvgIpc) is 2.95. The molecule has 1 aromatic rings. The molecule has 126 valence electrons. The summed E-state index contributed by atoms with van der Waals surface area (Å²) >= 11 is 0. The van der Waals surface area contributed by atoms with Crippen LogP contribution in [0.1, 0.15) is 24.8 Å². The molecular formula is C17H24N2O3S. The van der Waals surface area contributed by atoms with Gasteiger partial charge in [0.05, 0.1) is 11.5 Å². The monoisotopic (exact) mass is 336 g/mol. The molecule has 1 aliphatic heterocycles. The molecule has 2 unspecified atom stereocenters. The van der Waals surface area contributed by atoms with Gasteiger partial charge in [-0.25, -0.2) is 13.2 Å². The molecule has 3 rings (SSSR count). The van der Waals surface area contributed by atoms with Crippen molar-refractivity contribution < 1.29 is 13.2 Å². The summed E-state index contributed by atoms with van der Waals surface area (Å²) in [6.07, 6.45) is 4.26. The number of hydrogen-bond acceptors (Lipinski definition) is 3. The first-order valence-electron chi connectivity index (χ1n) is 8.33. The standard InChI is InChI=1S/C17H24N2O3S/c20-17(19-9-11-23(21,22)12-10-19)18-16-8-4-7-15(16)13-14-5-2-1-3-6-14/h1-3,5-6,15-16H,4,7-13H2,(H,18,20). The lowest BCUT2D eigenvalue weighted by Gasteiger charge is -2.30. The van der Waals surface area contributed by atoms with Crippen molar-refractivity contribution in [3.63, 3.8) is 0 Å². The molecule has 1 saturated heterocycles. The van der Waals surface area contributed by atoms with E-state index >= 15 is 0 Å². The molecule has 1 heterocycles. The Morgan fingerprint density at radius 1 is 1.13 bits per heavy atom. The number of hydrogen-bond donors (Lipinski definition) is 1. The number of nitrogens with zero attached hydrogens (tertiary/aromatic N) is 1. The highest BCUT2D eigenvalue weighted by Crippen LogP contribution is 2.29. The van der Waals surface area contributed by atoms with Crippen molar-refractivity contribution in [2.24, 2.45) is 5.92 Å².